The number of rotatable bonds is 6. The average molecular weight is 478 g/mol. The number of guanidine groups is 1. The van der Waals surface area contributed by atoms with Crippen molar-refractivity contribution >= 4 is 35.6 Å². The third-order valence-corrected chi connectivity index (χ3v) is 4.28. The van der Waals surface area contributed by atoms with Crippen molar-refractivity contribution in [3.8, 4) is 0 Å². The molecule has 0 bridgehead atoms. The molecule has 0 amide bonds. The highest BCUT2D eigenvalue weighted by Gasteiger charge is 2.05. The third-order valence-electron chi connectivity index (χ3n) is 4.28. The molecule has 0 spiro atoms. The van der Waals surface area contributed by atoms with Crippen LogP contribution < -0.4 is 10.6 Å². The van der Waals surface area contributed by atoms with Crippen molar-refractivity contribution in [2.45, 2.75) is 33.7 Å². The molecule has 144 valence electrons. The first-order chi connectivity index (χ1) is 12.7. The van der Waals surface area contributed by atoms with Gasteiger partial charge in [0.05, 0.1) is 6.54 Å². The Morgan fingerprint density at radius 2 is 1.96 bits per heavy atom. The monoisotopic (exact) mass is 478 g/mol. The molecule has 2 heterocycles. The fourth-order valence-electron chi connectivity index (χ4n) is 2.88. The van der Waals surface area contributed by atoms with Crippen LogP contribution in [0.3, 0.4) is 0 Å². The van der Waals surface area contributed by atoms with Crippen LogP contribution in [0, 0.1) is 13.8 Å². The van der Waals surface area contributed by atoms with Crippen LogP contribution in [-0.2, 0) is 13.0 Å². The van der Waals surface area contributed by atoms with Crippen LogP contribution >= 0.6 is 24.0 Å². The molecule has 0 atom stereocenters. The number of nitrogens with one attached hydrogen (secondary N) is 2. The van der Waals surface area contributed by atoms with E-state index in [1.54, 1.807) is 0 Å². The van der Waals surface area contributed by atoms with E-state index in [0.29, 0.717) is 6.54 Å². The molecular formula is C20H27IN6. The summed E-state index contributed by atoms with van der Waals surface area (Å²) in [7, 11) is 0. The Labute approximate surface area is 177 Å². The summed E-state index contributed by atoms with van der Waals surface area (Å²) in [6.07, 6.45) is 2.77. The number of halogens is 1. The van der Waals surface area contributed by atoms with Crippen LogP contribution in [0.1, 0.15) is 29.4 Å². The highest BCUT2D eigenvalue weighted by atomic mass is 127. The standard InChI is InChI=1S/C20H26N6.HI/c1-4-21-20(23-14-17-9-8-15(2)13-16(17)3)22-11-10-19-25-24-18-7-5-6-12-26(18)19;/h5-9,12-13H,4,10-11,14H2,1-3H3,(H2,21,22,23);1H. The SMILES string of the molecule is CCNC(=NCc1ccc(C)cc1C)NCCc1nnc2ccccn12.I. The second kappa shape index (κ2) is 10.2. The summed E-state index contributed by atoms with van der Waals surface area (Å²) in [5.41, 5.74) is 4.68. The largest absolute Gasteiger partial charge is 0.357 e. The summed E-state index contributed by atoms with van der Waals surface area (Å²) < 4.78 is 2.02. The average Bonchev–Trinajstić information content (AvgIpc) is 3.04. The number of benzene rings is 1. The lowest BCUT2D eigenvalue weighted by Gasteiger charge is -2.11. The molecule has 0 unspecified atom stereocenters. The van der Waals surface area contributed by atoms with Crippen molar-refractivity contribution in [3.63, 3.8) is 0 Å². The van der Waals surface area contributed by atoms with Crippen molar-refractivity contribution in [2.75, 3.05) is 13.1 Å². The van der Waals surface area contributed by atoms with Crippen molar-refractivity contribution in [1.29, 1.82) is 0 Å². The van der Waals surface area contributed by atoms with Gasteiger partial charge >= 0.3 is 0 Å². The molecule has 1 aromatic carbocycles. The van der Waals surface area contributed by atoms with Crippen LogP contribution in [0.2, 0.25) is 0 Å². The molecule has 0 saturated carbocycles. The smallest absolute Gasteiger partial charge is 0.191 e. The minimum Gasteiger partial charge on any atom is -0.357 e. The van der Waals surface area contributed by atoms with E-state index < -0.39 is 0 Å². The number of pyridine rings is 1. The molecule has 0 saturated heterocycles. The first kappa shape index (κ1) is 21.1. The van der Waals surface area contributed by atoms with Crippen molar-refractivity contribution in [1.82, 2.24) is 25.2 Å². The zero-order valence-electron chi connectivity index (χ0n) is 16.1. The number of fused-ring (bicyclic) bond motifs is 1. The molecule has 0 aliphatic carbocycles. The van der Waals surface area contributed by atoms with E-state index in [9.17, 15) is 0 Å². The van der Waals surface area contributed by atoms with Crippen LogP contribution in [0.25, 0.3) is 5.65 Å². The van der Waals surface area contributed by atoms with Gasteiger partial charge in [-0.1, -0.05) is 29.8 Å². The van der Waals surface area contributed by atoms with Crippen molar-refractivity contribution < 1.29 is 0 Å². The van der Waals surface area contributed by atoms with Gasteiger partial charge in [-0.25, -0.2) is 4.99 Å². The van der Waals surface area contributed by atoms with E-state index >= 15 is 0 Å². The summed E-state index contributed by atoms with van der Waals surface area (Å²) in [6, 6.07) is 12.4. The van der Waals surface area contributed by atoms with Gasteiger partial charge in [0.1, 0.15) is 5.82 Å². The summed E-state index contributed by atoms with van der Waals surface area (Å²) in [5.74, 6) is 1.76. The Hall–Kier alpha value is -2.16. The lowest BCUT2D eigenvalue weighted by atomic mass is 10.1. The van der Waals surface area contributed by atoms with Gasteiger partial charge in [0.2, 0.25) is 0 Å². The summed E-state index contributed by atoms with van der Waals surface area (Å²) in [4.78, 5) is 4.71. The highest BCUT2D eigenvalue weighted by Crippen LogP contribution is 2.11. The minimum absolute atomic E-state index is 0. The van der Waals surface area contributed by atoms with Crippen molar-refractivity contribution in [2.24, 2.45) is 4.99 Å². The third kappa shape index (κ3) is 5.66. The molecule has 3 aromatic rings. The minimum atomic E-state index is 0. The molecule has 0 aliphatic heterocycles. The molecule has 0 fully saturated rings. The van der Waals surface area contributed by atoms with Crippen LogP contribution in [0.15, 0.2) is 47.6 Å². The number of hydrogen-bond acceptors (Lipinski definition) is 3. The number of hydrogen-bond donors (Lipinski definition) is 2. The fourth-order valence-corrected chi connectivity index (χ4v) is 2.88. The Balaban J connectivity index is 0.00000261. The molecule has 27 heavy (non-hydrogen) atoms. The Morgan fingerprint density at radius 3 is 2.74 bits per heavy atom. The zero-order valence-corrected chi connectivity index (χ0v) is 18.4. The zero-order chi connectivity index (χ0) is 18.4. The van der Waals surface area contributed by atoms with Crippen LogP contribution in [0.4, 0.5) is 0 Å². The van der Waals surface area contributed by atoms with Crippen LogP contribution in [0.5, 0.6) is 0 Å². The molecular weight excluding hydrogens is 451 g/mol. The Kier molecular flexibility index (Phi) is 8.02. The topological polar surface area (TPSA) is 66.6 Å². The number of nitrogens with zero attached hydrogens (tertiary/aromatic N) is 4. The Morgan fingerprint density at radius 1 is 1.11 bits per heavy atom. The van der Waals surface area contributed by atoms with Gasteiger partial charge in [-0.2, -0.15) is 0 Å². The summed E-state index contributed by atoms with van der Waals surface area (Å²) in [5, 5.41) is 15.1. The first-order valence-electron chi connectivity index (χ1n) is 9.04. The molecule has 2 N–H and O–H groups in total. The van der Waals surface area contributed by atoms with Gasteiger partial charge in [0, 0.05) is 25.7 Å². The normalized spacial score (nSPS) is 11.3. The highest BCUT2D eigenvalue weighted by molar-refractivity contribution is 14.0. The predicted octanol–water partition coefficient (Wildman–Crippen LogP) is 3.26. The van der Waals surface area contributed by atoms with Gasteiger partial charge in [-0.3, -0.25) is 4.40 Å². The second-order valence-electron chi connectivity index (χ2n) is 6.35. The van der Waals surface area contributed by atoms with Crippen LogP contribution in [-0.4, -0.2) is 33.6 Å². The molecule has 3 rings (SSSR count). The summed E-state index contributed by atoms with van der Waals surface area (Å²) in [6.45, 7) is 8.55. The maximum absolute atomic E-state index is 4.71. The maximum Gasteiger partial charge on any atom is 0.191 e. The van der Waals surface area contributed by atoms with Crippen molar-refractivity contribution in [3.05, 3.63) is 65.1 Å². The lowest BCUT2D eigenvalue weighted by Crippen LogP contribution is -2.38. The molecule has 7 heteroatoms. The Bertz CT molecular complexity index is 902. The van der Waals surface area contributed by atoms with E-state index in [1.165, 1.54) is 16.7 Å². The number of aromatic nitrogens is 3. The van der Waals surface area contributed by atoms with E-state index in [2.05, 4.69) is 59.8 Å². The number of aryl methyl sites for hydroxylation is 2. The quantitative estimate of drug-likeness (QED) is 0.324. The van der Waals surface area contributed by atoms with E-state index in [-0.39, 0.29) is 24.0 Å². The predicted molar refractivity (Wildman–Crippen MR) is 121 cm³/mol. The molecule has 6 nitrogen and oxygen atoms in total. The van der Waals surface area contributed by atoms with Gasteiger partial charge < -0.3 is 10.6 Å². The summed E-state index contributed by atoms with van der Waals surface area (Å²) >= 11 is 0. The van der Waals surface area contributed by atoms with E-state index in [0.717, 1.165) is 36.9 Å². The maximum atomic E-state index is 4.71. The van der Waals surface area contributed by atoms with Gasteiger partial charge in [-0.15, -0.1) is 34.2 Å². The fraction of sp³-hybridized carbons (Fsp3) is 0.350. The lowest BCUT2D eigenvalue weighted by molar-refractivity contribution is 0.763. The molecule has 0 aliphatic rings. The van der Waals surface area contributed by atoms with Gasteiger partial charge in [0.25, 0.3) is 0 Å². The first-order valence-corrected chi connectivity index (χ1v) is 9.04. The molecule has 2 aromatic heterocycles. The van der Waals surface area contributed by atoms with Gasteiger partial charge in [0.15, 0.2) is 11.6 Å². The van der Waals surface area contributed by atoms with Gasteiger partial charge in [-0.05, 0) is 44.0 Å². The number of aliphatic imine (C=N–C) groups is 1. The molecule has 0 radical (unpaired) electrons. The second-order valence-corrected chi connectivity index (χ2v) is 6.35. The van der Waals surface area contributed by atoms with E-state index in [4.69, 9.17) is 4.99 Å². The van der Waals surface area contributed by atoms with E-state index in [1.807, 2.05) is 28.8 Å².